The van der Waals surface area contributed by atoms with Crippen LogP contribution in [0.15, 0.2) is 12.1 Å². The van der Waals surface area contributed by atoms with E-state index in [4.69, 9.17) is 5.73 Å². The van der Waals surface area contributed by atoms with Crippen molar-refractivity contribution in [1.29, 1.82) is 0 Å². The van der Waals surface area contributed by atoms with Crippen molar-refractivity contribution in [3.05, 3.63) is 17.8 Å². The van der Waals surface area contributed by atoms with Crippen molar-refractivity contribution in [2.75, 3.05) is 24.5 Å². The zero-order valence-corrected chi connectivity index (χ0v) is 10.6. The minimum absolute atomic E-state index is 0.208. The molecule has 18 heavy (non-hydrogen) atoms. The molecule has 0 aliphatic carbocycles. The highest BCUT2D eigenvalue weighted by Crippen LogP contribution is 2.17. The summed E-state index contributed by atoms with van der Waals surface area (Å²) in [6.45, 7) is 5.09. The predicted octanol–water partition coefficient (Wildman–Crippen LogP) is 0.154. The second-order valence-corrected chi connectivity index (χ2v) is 4.48. The average Bonchev–Trinajstić information content (AvgIpc) is 2.90. The van der Waals surface area contributed by atoms with Crippen molar-refractivity contribution in [3.63, 3.8) is 0 Å². The summed E-state index contributed by atoms with van der Waals surface area (Å²) in [5.74, 6) is 0.272. The van der Waals surface area contributed by atoms with Crippen molar-refractivity contribution in [2.45, 2.75) is 25.8 Å². The Labute approximate surface area is 107 Å². The van der Waals surface area contributed by atoms with E-state index in [9.17, 15) is 4.79 Å². The monoisotopic (exact) mass is 249 g/mol. The van der Waals surface area contributed by atoms with E-state index >= 15 is 0 Å². The van der Waals surface area contributed by atoms with Crippen LogP contribution in [0.25, 0.3) is 0 Å². The van der Waals surface area contributed by atoms with Gasteiger partial charge in [0.1, 0.15) is 0 Å². The number of amides is 1. The van der Waals surface area contributed by atoms with Crippen LogP contribution in [0.4, 0.5) is 5.82 Å². The van der Waals surface area contributed by atoms with Gasteiger partial charge in [-0.25, -0.2) is 0 Å². The van der Waals surface area contributed by atoms with Crippen LogP contribution in [0.3, 0.4) is 0 Å². The quantitative estimate of drug-likeness (QED) is 0.776. The first-order valence-electron chi connectivity index (χ1n) is 6.33. The van der Waals surface area contributed by atoms with E-state index in [2.05, 4.69) is 27.3 Å². The lowest BCUT2D eigenvalue weighted by atomic mass is 10.2. The van der Waals surface area contributed by atoms with E-state index in [1.807, 2.05) is 6.07 Å². The van der Waals surface area contributed by atoms with Gasteiger partial charge in [0.05, 0.1) is 0 Å². The summed E-state index contributed by atoms with van der Waals surface area (Å²) in [7, 11) is 0. The molecule has 0 radical (unpaired) electrons. The predicted molar refractivity (Wildman–Crippen MR) is 69.5 cm³/mol. The molecule has 1 aromatic heterocycles. The summed E-state index contributed by atoms with van der Waals surface area (Å²) in [4.78, 5) is 13.2. The number of rotatable bonds is 5. The smallest absolute Gasteiger partial charge is 0.269 e. The van der Waals surface area contributed by atoms with Crippen LogP contribution in [-0.4, -0.2) is 41.8 Å². The van der Waals surface area contributed by atoms with Crippen molar-refractivity contribution >= 4 is 11.7 Å². The fourth-order valence-electron chi connectivity index (χ4n) is 2.24. The van der Waals surface area contributed by atoms with E-state index in [-0.39, 0.29) is 5.69 Å². The molecule has 0 aromatic carbocycles. The number of primary amides is 1. The molecule has 1 aromatic rings. The Morgan fingerprint density at radius 1 is 1.56 bits per heavy atom. The van der Waals surface area contributed by atoms with Gasteiger partial charge in [-0.3, -0.25) is 4.79 Å². The maximum absolute atomic E-state index is 11.0. The molecule has 1 aliphatic rings. The number of hydrogen-bond acceptors (Lipinski definition) is 5. The van der Waals surface area contributed by atoms with Gasteiger partial charge in [0.25, 0.3) is 5.91 Å². The topological polar surface area (TPSA) is 84.1 Å². The molecule has 3 N–H and O–H groups in total. The number of hydrogen-bond donors (Lipinski definition) is 2. The van der Waals surface area contributed by atoms with Gasteiger partial charge >= 0.3 is 0 Å². The third kappa shape index (κ3) is 2.76. The van der Waals surface area contributed by atoms with Crippen molar-refractivity contribution in [3.8, 4) is 0 Å². The second kappa shape index (κ2) is 5.77. The van der Waals surface area contributed by atoms with Crippen LogP contribution < -0.4 is 16.0 Å². The largest absolute Gasteiger partial charge is 0.364 e. The molecule has 0 saturated carbocycles. The highest BCUT2D eigenvalue weighted by Gasteiger charge is 2.23. The highest BCUT2D eigenvalue weighted by molar-refractivity contribution is 5.90. The molecule has 2 heterocycles. The standard InChI is InChI=1S/C12H19N5O/c1-2-7-17(9-5-6-14-8-9)11-4-3-10(12(13)18)15-16-11/h3-4,9,14H,2,5-8H2,1H3,(H2,13,18). The van der Waals surface area contributed by atoms with Crippen molar-refractivity contribution < 1.29 is 4.79 Å². The Morgan fingerprint density at radius 2 is 2.39 bits per heavy atom. The van der Waals surface area contributed by atoms with E-state index in [1.54, 1.807) is 6.07 Å². The fourth-order valence-corrected chi connectivity index (χ4v) is 2.24. The molecule has 1 fully saturated rings. The van der Waals surface area contributed by atoms with Gasteiger partial charge in [-0.15, -0.1) is 10.2 Å². The Hall–Kier alpha value is -1.69. The molecule has 1 atom stereocenters. The van der Waals surface area contributed by atoms with Crippen LogP contribution in [0.5, 0.6) is 0 Å². The molecule has 1 aliphatic heterocycles. The van der Waals surface area contributed by atoms with Crippen molar-refractivity contribution in [2.24, 2.45) is 5.73 Å². The van der Waals surface area contributed by atoms with Crippen LogP contribution in [0.2, 0.25) is 0 Å². The van der Waals surface area contributed by atoms with Crippen LogP contribution in [0.1, 0.15) is 30.3 Å². The molecular weight excluding hydrogens is 230 g/mol. The number of nitrogens with one attached hydrogen (secondary N) is 1. The molecule has 1 amide bonds. The maximum atomic E-state index is 11.0. The van der Waals surface area contributed by atoms with Crippen LogP contribution >= 0.6 is 0 Å². The zero-order chi connectivity index (χ0) is 13.0. The Morgan fingerprint density at radius 3 is 2.89 bits per heavy atom. The number of nitrogens with zero attached hydrogens (tertiary/aromatic N) is 3. The number of nitrogens with two attached hydrogens (primary N) is 1. The normalized spacial score (nSPS) is 18.8. The first-order valence-corrected chi connectivity index (χ1v) is 6.33. The summed E-state index contributed by atoms with van der Waals surface area (Å²) in [5, 5.41) is 11.3. The minimum atomic E-state index is -0.543. The third-order valence-corrected chi connectivity index (χ3v) is 3.14. The molecule has 1 saturated heterocycles. The lowest BCUT2D eigenvalue weighted by molar-refractivity contribution is 0.0994. The van der Waals surface area contributed by atoms with Gasteiger partial charge in [-0.1, -0.05) is 6.92 Å². The number of carbonyl (C=O) groups is 1. The summed E-state index contributed by atoms with van der Waals surface area (Å²) in [6.07, 6.45) is 2.16. The maximum Gasteiger partial charge on any atom is 0.269 e. The number of aromatic nitrogens is 2. The lowest BCUT2D eigenvalue weighted by Gasteiger charge is -2.28. The van der Waals surface area contributed by atoms with Gasteiger partial charge in [0.2, 0.25) is 0 Å². The Balaban J connectivity index is 2.16. The fraction of sp³-hybridized carbons (Fsp3) is 0.583. The first-order chi connectivity index (χ1) is 8.72. The molecule has 0 spiro atoms. The van der Waals surface area contributed by atoms with E-state index in [1.165, 1.54) is 0 Å². The minimum Gasteiger partial charge on any atom is -0.364 e. The second-order valence-electron chi connectivity index (χ2n) is 4.48. The van der Waals surface area contributed by atoms with E-state index in [0.717, 1.165) is 38.3 Å². The van der Waals surface area contributed by atoms with Gasteiger partial charge in [-0.2, -0.15) is 0 Å². The Bertz CT molecular complexity index is 399. The number of carbonyl (C=O) groups excluding carboxylic acids is 1. The lowest BCUT2D eigenvalue weighted by Crippen LogP contribution is -2.38. The molecule has 98 valence electrons. The molecular formula is C12H19N5O. The molecule has 0 bridgehead atoms. The third-order valence-electron chi connectivity index (χ3n) is 3.14. The van der Waals surface area contributed by atoms with Crippen LogP contribution in [0, 0.1) is 0 Å². The average molecular weight is 249 g/mol. The SMILES string of the molecule is CCCN(c1ccc(C(N)=O)nn1)C1CCNC1. The van der Waals surface area contributed by atoms with Crippen LogP contribution in [-0.2, 0) is 0 Å². The van der Waals surface area contributed by atoms with Gasteiger partial charge in [0, 0.05) is 19.1 Å². The van der Waals surface area contributed by atoms with Gasteiger partial charge in [0.15, 0.2) is 11.5 Å². The van der Waals surface area contributed by atoms with Gasteiger partial charge < -0.3 is 16.0 Å². The Kier molecular flexibility index (Phi) is 4.09. The summed E-state index contributed by atoms with van der Waals surface area (Å²) in [5.41, 5.74) is 5.36. The van der Waals surface area contributed by atoms with Crippen molar-refractivity contribution in [1.82, 2.24) is 15.5 Å². The van der Waals surface area contributed by atoms with Gasteiger partial charge in [-0.05, 0) is 31.5 Å². The van der Waals surface area contributed by atoms with E-state index in [0.29, 0.717) is 6.04 Å². The summed E-state index contributed by atoms with van der Waals surface area (Å²) < 4.78 is 0. The molecule has 6 nitrogen and oxygen atoms in total. The summed E-state index contributed by atoms with van der Waals surface area (Å²) in [6, 6.07) is 3.91. The molecule has 6 heteroatoms. The first kappa shape index (κ1) is 12.8. The molecule has 1 unspecified atom stereocenters. The summed E-state index contributed by atoms with van der Waals surface area (Å²) >= 11 is 0. The molecule has 2 rings (SSSR count). The number of anilines is 1. The van der Waals surface area contributed by atoms with E-state index < -0.39 is 5.91 Å². The zero-order valence-electron chi connectivity index (χ0n) is 10.6. The highest BCUT2D eigenvalue weighted by atomic mass is 16.1.